The average molecular weight is 406 g/mol. The fourth-order valence-corrected chi connectivity index (χ4v) is 2.91. The standard InChI is InChI=1S/C16H19N3O3S.2ClH/c1-16(2,9-17)19-14(20)11-8-23-15(18-11)10-3-4-12-13(7-10)22-6-5-21-12;;/h3-4,7-8H,5-6,9,17H2,1-2H3,(H,19,20);2*1H. The van der Waals surface area contributed by atoms with Gasteiger partial charge in [-0.15, -0.1) is 36.2 Å². The summed E-state index contributed by atoms with van der Waals surface area (Å²) in [7, 11) is 0. The minimum Gasteiger partial charge on any atom is -0.486 e. The molecule has 0 fully saturated rings. The number of rotatable bonds is 4. The summed E-state index contributed by atoms with van der Waals surface area (Å²) in [5.74, 6) is 1.22. The molecule has 6 nitrogen and oxygen atoms in total. The van der Waals surface area contributed by atoms with Gasteiger partial charge in [-0.3, -0.25) is 4.79 Å². The quantitative estimate of drug-likeness (QED) is 0.816. The van der Waals surface area contributed by atoms with E-state index < -0.39 is 5.54 Å². The van der Waals surface area contributed by atoms with Crippen molar-refractivity contribution in [2.45, 2.75) is 19.4 Å². The third kappa shape index (κ3) is 4.98. The van der Waals surface area contributed by atoms with Crippen molar-refractivity contribution in [3.05, 3.63) is 29.3 Å². The number of carbonyl (C=O) groups excluding carboxylic acids is 1. The molecule has 0 atom stereocenters. The first-order chi connectivity index (χ1) is 11.0. The molecule has 0 bridgehead atoms. The second-order valence-corrected chi connectivity index (χ2v) is 6.80. The molecule has 0 saturated heterocycles. The third-order valence-electron chi connectivity index (χ3n) is 3.49. The first kappa shape index (κ1) is 21.5. The number of aromatic nitrogens is 1. The van der Waals surface area contributed by atoms with Gasteiger partial charge in [-0.1, -0.05) is 0 Å². The SMILES string of the molecule is CC(C)(CN)NC(=O)c1csc(-c2ccc3c(c2)OCCO3)n1.Cl.Cl. The number of nitrogens with one attached hydrogen (secondary N) is 1. The van der Waals surface area contributed by atoms with Gasteiger partial charge < -0.3 is 20.5 Å². The summed E-state index contributed by atoms with van der Waals surface area (Å²) in [6.45, 7) is 5.21. The van der Waals surface area contributed by atoms with Crippen LogP contribution in [-0.4, -0.2) is 36.2 Å². The zero-order valence-corrected chi connectivity index (χ0v) is 16.4. The smallest absolute Gasteiger partial charge is 0.271 e. The monoisotopic (exact) mass is 405 g/mol. The van der Waals surface area contributed by atoms with E-state index in [4.69, 9.17) is 15.2 Å². The zero-order valence-electron chi connectivity index (χ0n) is 13.9. The normalized spacial score (nSPS) is 12.6. The van der Waals surface area contributed by atoms with Crippen LogP contribution in [0.4, 0.5) is 0 Å². The predicted molar refractivity (Wildman–Crippen MR) is 104 cm³/mol. The van der Waals surface area contributed by atoms with Crippen molar-refractivity contribution >= 4 is 42.1 Å². The Hall–Kier alpha value is -1.54. The van der Waals surface area contributed by atoms with Crippen LogP contribution in [0.3, 0.4) is 0 Å². The summed E-state index contributed by atoms with van der Waals surface area (Å²) in [5.41, 5.74) is 6.46. The maximum atomic E-state index is 12.2. The molecule has 1 amide bonds. The Kier molecular flexibility index (Phi) is 7.49. The van der Waals surface area contributed by atoms with E-state index in [9.17, 15) is 4.79 Å². The van der Waals surface area contributed by atoms with E-state index in [1.807, 2.05) is 32.0 Å². The molecule has 0 saturated carbocycles. The molecular formula is C16H21Cl2N3O3S. The minimum absolute atomic E-state index is 0. The molecule has 0 unspecified atom stereocenters. The fraction of sp³-hybridized carbons (Fsp3) is 0.375. The van der Waals surface area contributed by atoms with Crippen LogP contribution in [0.1, 0.15) is 24.3 Å². The van der Waals surface area contributed by atoms with Gasteiger partial charge in [0.2, 0.25) is 0 Å². The van der Waals surface area contributed by atoms with Gasteiger partial charge in [0.1, 0.15) is 23.9 Å². The van der Waals surface area contributed by atoms with Crippen LogP contribution in [0.15, 0.2) is 23.6 Å². The largest absolute Gasteiger partial charge is 0.486 e. The van der Waals surface area contributed by atoms with Gasteiger partial charge in [0.15, 0.2) is 11.5 Å². The molecule has 2 heterocycles. The number of carbonyl (C=O) groups is 1. The lowest BCUT2D eigenvalue weighted by molar-refractivity contribution is 0.0911. The van der Waals surface area contributed by atoms with Crippen LogP contribution in [-0.2, 0) is 0 Å². The van der Waals surface area contributed by atoms with E-state index in [-0.39, 0.29) is 30.7 Å². The first-order valence-electron chi connectivity index (χ1n) is 7.37. The molecule has 1 aromatic carbocycles. The van der Waals surface area contributed by atoms with Crippen molar-refractivity contribution in [1.82, 2.24) is 10.3 Å². The number of nitrogens with two attached hydrogens (primary N) is 1. The maximum absolute atomic E-state index is 12.2. The lowest BCUT2D eigenvalue weighted by Crippen LogP contribution is -2.48. The predicted octanol–water partition coefficient (Wildman–Crippen LogP) is 2.89. The molecule has 1 aliphatic rings. The average Bonchev–Trinajstić information content (AvgIpc) is 3.04. The molecule has 0 aliphatic carbocycles. The molecule has 1 aromatic heterocycles. The number of benzene rings is 1. The van der Waals surface area contributed by atoms with Crippen LogP contribution in [0.2, 0.25) is 0 Å². The van der Waals surface area contributed by atoms with Crippen LogP contribution in [0.25, 0.3) is 10.6 Å². The highest BCUT2D eigenvalue weighted by Crippen LogP contribution is 2.35. The second-order valence-electron chi connectivity index (χ2n) is 5.94. The summed E-state index contributed by atoms with van der Waals surface area (Å²) in [6, 6.07) is 5.67. The summed E-state index contributed by atoms with van der Waals surface area (Å²) in [6.07, 6.45) is 0. The van der Waals surface area contributed by atoms with Crippen molar-refractivity contribution in [1.29, 1.82) is 0 Å². The fourth-order valence-electron chi connectivity index (χ4n) is 2.11. The van der Waals surface area contributed by atoms with Crippen molar-refractivity contribution in [3.63, 3.8) is 0 Å². The van der Waals surface area contributed by atoms with E-state index in [2.05, 4.69) is 10.3 Å². The molecule has 25 heavy (non-hydrogen) atoms. The van der Waals surface area contributed by atoms with Gasteiger partial charge in [-0.05, 0) is 32.0 Å². The number of nitrogens with zero attached hydrogens (tertiary/aromatic N) is 1. The molecule has 9 heteroatoms. The zero-order chi connectivity index (χ0) is 16.4. The Morgan fingerprint density at radius 2 is 1.96 bits per heavy atom. The van der Waals surface area contributed by atoms with Crippen molar-refractivity contribution < 1.29 is 14.3 Å². The molecule has 3 N–H and O–H groups in total. The summed E-state index contributed by atoms with van der Waals surface area (Å²) < 4.78 is 11.1. The second kappa shape index (κ2) is 8.71. The number of fused-ring (bicyclic) bond motifs is 1. The highest BCUT2D eigenvalue weighted by atomic mass is 35.5. The molecule has 0 radical (unpaired) electrons. The van der Waals surface area contributed by atoms with Crippen molar-refractivity contribution in [2.75, 3.05) is 19.8 Å². The number of halogens is 2. The molecule has 1 aliphatic heterocycles. The van der Waals surface area contributed by atoms with E-state index in [0.717, 1.165) is 16.3 Å². The van der Waals surface area contributed by atoms with E-state index in [1.165, 1.54) is 11.3 Å². The number of hydrogen-bond donors (Lipinski definition) is 2. The minimum atomic E-state index is -0.460. The third-order valence-corrected chi connectivity index (χ3v) is 4.38. The topological polar surface area (TPSA) is 86.5 Å². The first-order valence-corrected chi connectivity index (χ1v) is 8.24. The van der Waals surface area contributed by atoms with Crippen LogP contribution in [0.5, 0.6) is 11.5 Å². The molecule has 138 valence electrons. The Morgan fingerprint density at radius 3 is 2.64 bits per heavy atom. The van der Waals surface area contributed by atoms with E-state index in [0.29, 0.717) is 31.2 Å². The van der Waals surface area contributed by atoms with E-state index in [1.54, 1.807) is 5.38 Å². The Bertz CT molecular complexity index is 737. The lowest BCUT2D eigenvalue weighted by Gasteiger charge is -2.23. The highest BCUT2D eigenvalue weighted by Gasteiger charge is 2.21. The summed E-state index contributed by atoms with van der Waals surface area (Å²) >= 11 is 1.42. The van der Waals surface area contributed by atoms with Crippen LogP contribution >= 0.6 is 36.2 Å². The van der Waals surface area contributed by atoms with Gasteiger partial charge >= 0.3 is 0 Å². The number of amides is 1. The summed E-state index contributed by atoms with van der Waals surface area (Å²) in [4.78, 5) is 16.6. The molecule has 0 spiro atoms. The van der Waals surface area contributed by atoms with Gasteiger partial charge in [-0.25, -0.2) is 4.98 Å². The van der Waals surface area contributed by atoms with Gasteiger partial charge in [0.25, 0.3) is 5.91 Å². The maximum Gasteiger partial charge on any atom is 0.271 e. The molecular weight excluding hydrogens is 385 g/mol. The molecule has 2 aromatic rings. The van der Waals surface area contributed by atoms with Crippen LogP contribution in [0, 0.1) is 0 Å². The van der Waals surface area contributed by atoms with Crippen LogP contribution < -0.4 is 20.5 Å². The Balaban J connectivity index is 0.00000156. The highest BCUT2D eigenvalue weighted by molar-refractivity contribution is 7.13. The number of ether oxygens (including phenoxy) is 2. The van der Waals surface area contributed by atoms with Crippen molar-refractivity contribution in [2.24, 2.45) is 5.73 Å². The Morgan fingerprint density at radius 1 is 1.28 bits per heavy atom. The molecule has 3 rings (SSSR count). The van der Waals surface area contributed by atoms with Gasteiger partial charge in [-0.2, -0.15) is 0 Å². The Labute approximate surface area is 162 Å². The number of thiazole rings is 1. The van der Waals surface area contributed by atoms with Gasteiger partial charge in [0, 0.05) is 23.0 Å². The van der Waals surface area contributed by atoms with Gasteiger partial charge in [0.05, 0.1) is 0 Å². The lowest BCUT2D eigenvalue weighted by atomic mass is 10.1. The van der Waals surface area contributed by atoms with Crippen molar-refractivity contribution in [3.8, 4) is 22.1 Å². The summed E-state index contributed by atoms with van der Waals surface area (Å²) in [5, 5.41) is 5.38. The number of hydrogen-bond acceptors (Lipinski definition) is 6. The van der Waals surface area contributed by atoms with E-state index >= 15 is 0 Å².